The molecule has 0 radical (unpaired) electrons. The average molecular weight is 420 g/mol. The maximum atomic E-state index is 12.0. The molecule has 4 aromatic heterocycles. The minimum absolute atomic E-state index is 0.0415. The summed E-state index contributed by atoms with van der Waals surface area (Å²) in [6.07, 6.45) is 6.47. The van der Waals surface area contributed by atoms with Crippen LogP contribution in [0.2, 0.25) is 0 Å². The fourth-order valence-electron chi connectivity index (χ4n) is 3.33. The molecule has 0 atom stereocenters. The van der Waals surface area contributed by atoms with Gasteiger partial charge in [-0.3, -0.25) is 9.78 Å². The number of carboxylic acids is 1. The van der Waals surface area contributed by atoms with Crippen molar-refractivity contribution >= 4 is 34.3 Å². The number of carboxylic acid groups (broad SMARTS) is 1. The van der Waals surface area contributed by atoms with E-state index in [1.807, 2.05) is 11.6 Å². The molecule has 31 heavy (non-hydrogen) atoms. The summed E-state index contributed by atoms with van der Waals surface area (Å²) in [6.45, 7) is 1.68. The van der Waals surface area contributed by atoms with Gasteiger partial charge < -0.3 is 24.9 Å². The Balaban J connectivity index is 1.89. The Kier molecular flexibility index (Phi) is 4.85. The van der Waals surface area contributed by atoms with Gasteiger partial charge in [0.25, 0.3) is 5.56 Å². The molecule has 0 fully saturated rings. The van der Waals surface area contributed by atoms with Gasteiger partial charge in [0.2, 0.25) is 0 Å². The zero-order chi connectivity index (χ0) is 22.3. The third-order valence-electron chi connectivity index (χ3n) is 4.85. The predicted octanol–water partition coefficient (Wildman–Crippen LogP) is 1.92. The van der Waals surface area contributed by atoms with Crippen LogP contribution in [0.1, 0.15) is 16.1 Å². The normalized spacial score (nSPS) is 11.0. The van der Waals surface area contributed by atoms with Gasteiger partial charge in [0.05, 0.1) is 29.3 Å². The number of fused-ring (bicyclic) bond motifs is 1. The molecule has 0 amide bonds. The van der Waals surface area contributed by atoms with E-state index in [0.29, 0.717) is 33.8 Å². The molecule has 0 aliphatic rings. The van der Waals surface area contributed by atoms with E-state index < -0.39 is 5.97 Å². The van der Waals surface area contributed by atoms with Crippen LogP contribution in [0.3, 0.4) is 0 Å². The second-order valence-corrected chi connectivity index (χ2v) is 7.04. The van der Waals surface area contributed by atoms with Gasteiger partial charge in [0.15, 0.2) is 17.3 Å². The van der Waals surface area contributed by atoms with Crippen LogP contribution in [0.15, 0.2) is 35.8 Å². The SMILES string of the molecule is CNc1nc(Nc2cc(C)c(=O)n(C)c2)c(C(=O)O)nc1-c1cncc2c1ncn2C. The molecule has 0 saturated heterocycles. The Labute approximate surface area is 176 Å². The number of anilines is 3. The standard InChI is InChI=1S/C20H20N8O3/c1-10-5-11(8-27(3)19(10)29)24-18-16(20(30)31)25-15(17(21-2)26-18)12-6-22-7-13-14(12)23-9-28(13)4/h5-9H,1-4H3,(H,30,31)(H2,21,24,26). The molecule has 0 bridgehead atoms. The van der Waals surface area contributed by atoms with E-state index in [1.54, 1.807) is 52.0 Å². The lowest BCUT2D eigenvalue weighted by Crippen LogP contribution is -2.19. The van der Waals surface area contributed by atoms with Gasteiger partial charge in [-0.15, -0.1) is 0 Å². The van der Waals surface area contributed by atoms with Crippen LogP contribution >= 0.6 is 0 Å². The largest absolute Gasteiger partial charge is 0.476 e. The molecular weight excluding hydrogens is 400 g/mol. The van der Waals surface area contributed by atoms with Crippen LogP contribution in [0, 0.1) is 6.92 Å². The van der Waals surface area contributed by atoms with Crippen LogP contribution in [-0.4, -0.2) is 47.2 Å². The molecule has 3 N–H and O–H groups in total. The summed E-state index contributed by atoms with van der Waals surface area (Å²) >= 11 is 0. The first kappa shape index (κ1) is 20.0. The van der Waals surface area contributed by atoms with E-state index in [1.165, 1.54) is 4.57 Å². The topological polar surface area (TPSA) is 140 Å². The average Bonchev–Trinajstić information content (AvgIpc) is 3.12. The van der Waals surface area contributed by atoms with Crippen LogP contribution in [0.4, 0.5) is 17.3 Å². The first-order valence-corrected chi connectivity index (χ1v) is 9.33. The minimum Gasteiger partial charge on any atom is -0.476 e. The molecule has 4 heterocycles. The Morgan fingerprint density at radius 3 is 2.58 bits per heavy atom. The summed E-state index contributed by atoms with van der Waals surface area (Å²) in [7, 11) is 5.13. The summed E-state index contributed by atoms with van der Waals surface area (Å²) in [5, 5.41) is 15.7. The number of aromatic nitrogens is 6. The lowest BCUT2D eigenvalue weighted by molar-refractivity contribution is 0.0691. The monoisotopic (exact) mass is 420 g/mol. The Bertz CT molecular complexity index is 1360. The van der Waals surface area contributed by atoms with E-state index in [4.69, 9.17) is 0 Å². The minimum atomic E-state index is -1.25. The van der Waals surface area contributed by atoms with Crippen molar-refractivity contribution in [2.45, 2.75) is 6.92 Å². The number of nitrogens with zero attached hydrogens (tertiary/aromatic N) is 6. The van der Waals surface area contributed by atoms with Gasteiger partial charge in [-0.2, -0.15) is 0 Å². The summed E-state index contributed by atoms with van der Waals surface area (Å²) < 4.78 is 3.22. The van der Waals surface area contributed by atoms with Crippen molar-refractivity contribution in [3.05, 3.63) is 52.6 Å². The van der Waals surface area contributed by atoms with Gasteiger partial charge in [0.1, 0.15) is 11.2 Å². The fraction of sp³-hybridized carbons (Fsp3) is 0.200. The van der Waals surface area contributed by atoms with E-state index in [-0.39, 0.29) is 17.1 Å². The fourth-order valence-corrected chi connectivity index (χ4v) is 3.33. The highest BCUT2D eigenvalue weighted by Crippen LogP contribution is 2.32. The number of aromatic carboxylic acids is 1. The van der Waals surface area contributed by atoms with Crippen molar-refractivity contribution in [2.24, 2.45) is 14.1 Å². The third-order valence-corrected chi connectivity index (χ3v) is 4.85. The zero-order valence-electron chi connectivity index (χ0n) is 17.3. The maximum absolute atomic E-state index is 12.0. The van der Waals surface area contributed by atoms with Crippen molar-refractivity contribution in [3.63, 3.8) is 0 Å². The molecule has 11 heteroatoms. The Hall–Kier alpha value is -4.28. The summed E-state index contributed by atoms with van der Waals surface area (Å²) in [5.74, 6) is -0.851. The summed E-state index contributed by atoms with van der Waals surface area (Å²) in [5.41, 5.74) is 2.90. The second kappa shape index (κ2) is 7.52. The highest BCUT2D eigenvalue weighted by molar-refractivity contribution is 5.97. The van der Waals surface area contributed by atoms with Crippen molar-refractivity contribution in [2.75, 3.05) is 17.7 Å². The molecular formula is C20H20N8O3. The van der Waals surface area contributed by atoms with E-state index in [0.717, 1.165) is 5.52 Å². The van der Waals surface area contributed by atoms with Crippen LogP contribution in [0.5, 0.6) is 0 Å². The van der Waals surface area contributed by atoms with Crippen LogP contribution in [0.25, 0.3) is 22.3 Å². The molecule has 158 valence electrons. The molecule has 4 rings (SSSR count). The van der Waals surface area contributed by atoms with Gasteiger partial charge in [-0.05, 0) is 13.0 Å². The van der Waals surface area contributed by atoms with Crippen LogP contribution in [-0.2, 0) is 14.1 Å². The molecule has 4 aromatic rings. The molecule has 0 unspecified atom stereocenters. The zero-order valence-corrected chi connectivity index (χ0v) is 17.3. The Morgan fingerprint density at radius 1 is 1.13 bits per heavy atom. The number of rotatable bonds is 5. The summed E-state index contributed by atoms with van der Waals surface area (Å²) in [4.78, 5) is 41.4. The van der Waals surface area contributed by atoms with Crippen molar-refractivity contribution < 1.29 is 9.90 Å². The van der Waals surface area contributed by atoms with Crippen molar-refractivity contribution in [1.29, 1.82) is 0 Å². The number of aryl methyl sites for hydroxylation is 3. The molecule has 0 aliphatic carbocycles. The van der Waals surface area contributed by atoms with Gasteiger partial charge >= 0.3 is 5.97 Å². The van der Waals surface area contributed by atoms with Crippen molar-refractivity contribution in [1.82, 2.24) is 29.1 Å². The number of carbonyl (C=O) groups is 1. The number of pyridine rings is 2. The third kappa shape index (κ3) is 3.45. The lowest BCUT2D eigenvalue weighted by atomic mass is 10.1. The summed E-state index contributed by atoms with van der Waals surface area (Å²) in [6, 6.07) is 1.63. The van der Waals surface area contributed by atoms with E-state index in [2.05, 4.69) is 30.6 Å². The predicted molar refractivity (Wildman–Crippen MR) is 116 cm³/mol. The van der Waals surface area contributed by atoms with E-state index in [9.17, 15) is 14.7 Å². The smallest absolute Gasteiger partial charge is 0.358 e. The highest BCUT2D eigenvalue weighted by atomic mass is 16.4. The van der Waals surface area contributed by atoms with Gasteiger partial charge in [0, 0.05) is 39.1 Å². The number of nitrogens with one attached hydrogen (secondary N) is 2. The van der Waals surface area contributed by atoms with Gasteiger partial charge in [-0.25, -0.2) is 19.7 Å². The van der Waals surface area contributed by atoms with Crippen molar-refractivity contribution in [3.8, 4) is 11.3 Å². The maximum Gasteiger partial charge on any atom is 0.358 e. The first-order chi connectivity index (χ1) is 14.8. The first-order valence-electron chi connectivity index (χ1n) is 9.33. The molecule has 0 spiro atoms. The Morgan fingerprint density at radius 2 is 1.90 bits per heavy atom. The molecule has 0 aromatic carbocycles. The lowest BCUT2D eigenvalue weighted by Gasteiger charge is -2.15. The molecule has 11 nitrogen and oxygen atoms in total. The van der Waals surface area contributed by atoms with Gasteiger partial charge in [-0.1, -0.05) is 0 Å². The number of imidazole rings is 1. The number of hydrogen-bond donors (Lipinski definition) is 3. The highest BCUT2D eigenvalue weighted by Gasteiger charge is 2.22. The quantitative estimate of drug-likeness (QED) is 0.442. The molecule has 0 saturated carbocycles. The number of hydrogen-bond acceptors (Lipinski definition) is 8. The van der Waals surface area contributed by atoms with E-state index >= 15 is 0 Å². The molecule has 0 aliphatic heterocycles. The second-order valence-electron chi connectivity index (χ2n) is 7.04. The van der Waals surface area contributed by atoms with Crippen LogP contribution < -0.4 is 16.2 Å².